The Morgan fingerprint density at radius 1 is 0.909 bits per heavy atom. The molecule has 22 heavy (non-hydrogen) atoms. The lowest BCUT2D eigenvalue weighted by atomic mass is 10.1. The monoisotopic (exact) mass is 309 g/mol. The Labute approximate surface area is 140 Å². The van der Waals surface area contributed by atoms with Crippen LogP contribution in [0.2, 0.25) is 0 Å². The van der Waals surface area contributed by atoms with Crippen molar-refractivity contribution in [1.29, 1.82) is 0 Å². The molecule has 0 unspecified atom stereocenters. The van der Waals surface area contributed by atoms with Gasteiger partial charge in [0.15, 0.2) is 0 Å². The minimum atomic E-state index is 0. The molecule has 0 aromatic heterocycles. The van der Waals surface area contributed by atoms with Crippen LogP contribution >= 0.6 is 0 Å². The number of amides is 1. The van der Waals surface area contributed by atoms with E-state index in [1.54, 1.807) is 0 Å². The van der Waals surface area contributed by atoms with E-state index < -0.39 is 0 Å². The second-order valence-corrected chi connectivity index (χ2v) is 4.78. The van der Waals surface area contributed by atoms with Crippen molar-refractivity contribution in [2.75, 3.05) is 0 Å². The Balaban J connectivity index is -0.000000739. The number of rotatable bonds is 9. The van der Waals surface area contributed by atoms with E-state index in [9.17, 15) is 4.79 Å². The van der Waals surface area contributed by atoms with Gasteiger partial charge in [0.1, 0.15) is 0 Å². The van der Waals surface area contributed by atoms with Crippen LogP contribution in [0.1, 0.15) is 86.6 Å². The van der Waals surface area contributed by atoms with Gasteiger partial charge in [-0.2, -0.15) is 0 Å². The molecule has 0 heterocycles. The Kier molecular flexibility index (Phi) is 20.6. The fraction of sp³-hybridized carbons (Fsp3) is 0.650. The maximum Gasteiger partial charge on any atom is 0.220 e. The van der Waals surface area contributed by atoms with Crippen molar-refractivity contribution in [2.45, 2.75) is 86.1 Å². The van der Waals surface area contributed by atoms with E-state index in [1.807, 2.05) is 58.0 Å². The molecule has 1 aromatic rings. The first-order chi connectivity index (χ1) is 10.8. The molecular weight excluding hydrogens is 270 g/mol. The van der Waals surface area contributed by atoms with Gasteiger partial charge in [0.05, 0.1) is 0 Å². The highest BCUT2D eigenvalue weighted by atomic mass is 16.1. The zero-order chi connectivity index (χ0) is 17.1. The molecule has 0 aliphatic carbocycles. The van der Waals surface area contributed by atoms with Crippen LogP contribution in [0.5, 0.6) is 0 Å². The van der Waals surface area contributed by atoms with Crippen molar-refractivity contribution in [3.63, 3.8) is 0 Å². The maximum absolute atomic E-state index is 11.6. The van der Waals surface area contributed by atoms with Gasteiger partial charge in [-0.25, -0.2) is 0 Å². The van der Waals surface area contributed by atoms with E-state index in [-0.39, 0.29) is 7.33 Å². The third kappa shape index (κ3) is 15.1. The smallest absolute Gasteiger partial charge is 0.220 e. The highest BCUT2D eigenvalue weighted by molar-refractivity contribution is 5.75. The number of hydrogen-bond acceptors (Lipinski definition) is 1. The zero-order valence-corrected chi connectivity index (χ0v) is 15.5. The number of carbonyl (C=O) groups excluding carboxylic acids is 1. The average Bonchev–Trinajstić information content (AvgIpc) is 2.60. The van der Waals surface area contributed by atoms with Crippen LogP contribution in [-0.4, -0.2) is 5.91 Å². The van der Waals surface area contributed by atoms with Gasteiger partial charge in [-0.1, -0.05) is 97.1 Å². The summed E-state index contributed by atoms with van der Waals surface area (Å²) >= 11 is 0. The molecule has 0 saturated carbocycles. The van der Waals surface area contributed by atoms with Crippen LogP contribution in [0, 0.1) is 0 Å². The van der Waals surface area contributed by atoms with Crippen LogP contribution in [0.15, 0.2) is 30.3 Å². The molecule has 2 heteroatoms. The number of unbranched alkanes of at least 4 members (excludes halogenated alkanes) is 5. The summed E-state index contributed by atoms with van der Waals surface area (Å²) in [7, 11) is 0. The van der Waals surface area contributed by atoms with E-state index in [0.717, 1.165) is 12.0 Å². The molecule has 0 bridgehead atoms. The molecule has 0 aliphatic heterocycles. The lowest BCUT2D eigenvalue weighted by Gasteiger charge is -2.05. The third-order valence-corrected chi connectivity index (χ3v) is 3.09. The summed E-state index contributed by atoms with van der Waals surface area (Å²) in [5.41, 5.74) is 1.16. The fourth-order valence-electron chi connectivity index (χ4n) is 1.95. The van der Waals surface area contributed by atoms with Crippen LogP contribution < -0.4 is 5.32 Å². The van der Waals surface area contributed by atoms with Crippen molar-refractivity contribution in [2.24, 2.45) is 0 Å². The van der Waals surface area contributed by atoms with Gasteiger partial charge in [0, 0.05) is 14.4 Å². The first-order valence-electron chi connectivity index (χ1n) is 9.13. The lowest BCUT2D eigenvalue weighted by Crippen LogP contribution is -2.22. The Hall–Kier alpha value is -1.31. The van der Waals surface area contributed by atoms with Gasteiger partial charge in [-0.15, -0.1) is 0 Å². The molecule has 1 amide bonds. The summed E-state index contributed by atoms with van der Waals surface area (Å²) in [4.78, 5) is 11.6. The summed E-state index contributed by atoms with van der Waals surface area (Å²) in [6, 6.07) is 10.0. The minimum Gasteiger partial charge on any atom is -0.352 e. The molecular formula is C20H39NO. The Morgan fingerprint density at radius 3 is 2.05 bits per heavy atom. The second kappa shape index (κ2) is 19.7. The number of carbonyl (C=O) groups is 1. The maximum atomic E-state index is 11.6. The van der Waals surface area contributed by atoms with E-state index >= 15 is 0 Å². The van der Waals surface area contributed by atoms with Gasteiger partial charge < -0.3 is 5.32 Å². The average molecular weight is 310 g/mol. The zero-order valence-electron chi connectivity index (χ0n) is 15.5. The van der Waals surface area contributed by atoms with Crippen molar-refractivity contribution >= 4 is 5.91 Å². The largest absolute Gasteiger partial charge is 0.352 e. The van der Waals surface area contributed by atoms with Gasteiger partial charge in [-0.3, -0.25) is 4.79 Å². The quantitative estimate of drug-likeness (QED) is 0.529. The molecule has 2 nitrogen and oxygen atoms in total. The highest BCUT2D eigenvalue weighted by Gasteiger charge is 2.00. The van der Waals surface area contributed by atoms with Crippen molar-refractivity contribution in [3.05, 3.63) is 35.9 Å². The third-order valence-electron chi connectivity index (χ3n) is 3.09. The number of hydrogen-bond donors (Lipinski definition) is 1. The van der Waals surface area contributed by atoms with E-state index in [2.05, 4.69) is 12.2 Å². The minimum absolute atomic E-state index is 0. The van der Waals surface area contributed by atoms with E-state index in [1.165, 1.54) is 32.1 Å². The van der Waals surface area contributed by atoms with Crippen LogP contribution in [0.25, 0.3) is 0 Å². The van der Waals surface area contributed by atoms with Gasteiger partial charge >= 0.3 is 0 Å². The predicted molar refractivity (Wildman–Crippen MR) is 101 cm³/mol. The Bertz CT molecular complexity index is 328. The Morgan fingerprint density at radius 2 is 1.45 bits per heavy atom. The molecule has 130 valence electrons. The molecule has 0 saturated heterocycles. The lowest BCUT2D eigenvalue weighted by molar-refractivity contribution is -0.121. The summed E-state index contributed by atoms with van der Waals surface area (Å²) in [6.45, 7) is 10.9. The van der Waals surface area contributed by atoms with Crippen molar-refractivity contribution in [1.82, 2.24) is 5.32 Å². The van der Waals surface area contributed by atoms with Gasteiger partial charge in [0.2, 0.25) is 5.91 Å². The number of benzene rings is 1. The summed E-state index contributed by atoms with van der Waals surface area (Å²) in [5, 5.41) is 2.96. The molecule has 0 aliphatic rings. The van der Waals surface area contributed by atoms with Crippen LogP contribution in [-0.2, 0) is 11.3 Å². The standard InChI is InChI=1S/C16H25NO.2C2H6.H2/c1-2-3-4-5-6-10-13-16(18)17-14-15-11-8-7-9-12-15;2*1-2;/h7-9,11-12H,2-6,10,13-14H2,1H3,(H,17,18);2*1-2H3;1H. The van der Waals surface area contributed by atoms with E-state index in [4.69, 9.17) is 0 Å². The molecule has 0 spiro atoms. The van der Waals surface area contributed by atoms with E-state index in [0.29, 0.717) is 13.0 Å². The molecule has 0 atom stereocenters. The number of nitrogens with one attached hydrogen (secondary N) is 1. The summed E-state index contributed by atoms with van der Waals surface area (Å²) in [5.74, 6) is 0.175. The second-order valence-electron chi connectivity index (χ2n) is 4.78. The molecule has 0 radical (unpaired) electrons. The van der Waals surface area contributed by atoms with Crippen molar-refractivity contribution in [3.8, 4) is 0 Å². The predicted octanol–water partition coefficient (Wildman–Crippen LogP) is 6.35. The molecule has 1 N–H and O–H groups in total. The van der Waals surface area contributed by atoms with Crippen molar-refractivity contribution < 1.29 is 6.22 Å². The first-order valence-corrected chi connectivity index (χ1v) is 9.13. The molecule has 1 aromatic carbocycles. The normalized spacial score (nSPS) is 8.95. The fourth-order valence-corrected chi connectivity index (χ4v) is 1.95. The highest BCUT2D eigenvalue weighted by Crippen LogP contribution is 2.07. The first kappa shape index (κ1) is 23.0. The van der Waals surface area contributed by atoms with Crippen LogP contribution in [0.3, 0.4) is 0 Å². The summed E-state index contributed by atoms with van der Waals surface area (Å²) in [6.07, 6.45) is 8.03. The SMILES string of the molecule is CC.CC.CCCCCCCCC(=O)NCc1ccccc1.[HH]. The summed E-state index contributed by atoms with van der Waals surface area (Å²) < 4.78 is 0. The topological polar surface area (TPSA) is 29.1 Å². The molecule has 0 fully saturated rings. The van der Waals surface area contributed by atoms with Crippen LogP contribution in [0.4, 0.5) is 0 Å². The van der Waals surface area contributed by atoms with Gasteiger partial charge in [0.25, 0.3) is 0 Å². The molecule has 1 rings (SSSR count). The van der Waals surface area contributed by atoms with Gasteiger partial charge in [-0.05, 0) is 12.0 Å².